The maximum atomic E-state index is 5.95. The van der Waals surface area contributed by atoms with E-state index in [2.05, 4.69) is 25.8 Å². The summed E-state index contributed by atoms with van der Waals surface area (Å²) in [5.41, 5.74) is 0.855. The standard InChI is InChI=1S/C22H26ClN5O3/c1-15(30-19-7-5-4-6-18(19)29-3)14-26-22(24-2)25-13-12-20-27-21(28-31-20)16-8-10-17(23)11-9-16/h4-11,15H,12-14H2,1-3H3,(H2,24,25,26). The first-order chi connectivity index (χ1) is 15.1. The van der Waals surface area contributed by atoms with Crippen LogP contribution >= 0.6 is 11.6 Å². The maximum Gasteiger partial charge on any atom is 0.228 e. The maximum absolute atomic E-state index is 5.95. The molecule has 0 saturated heterocycles. The number of guanidine groups is 1. The molecule has 31 heavy (non-hydrogen) atoms. The number of ether oxygens (including phenoxy) is 2. The van der Waals surface area contributed by atoms with E-state index in [1.807, 2.05) is 43.3 Å². The number of nitrogens with one attached hydrogen (secondary N) is 2. The summed E-state index contributed by atoms with van der Waals surface area (Å²) in [6.45, 7) is 3.13. The number of rotatable bonds is 9. The van der Waals surface area contributed by atoms with Gasteiger partial charge in [-0.15, -0.1) is 0 Å². The summed E-state index contributed by atoms with van der Waals surface area (Å²) < 4.78 is 16.6. The highest BCUT2D eigenvalue weighted by atomic mass is 35.5. The zero-order valence-corrected chi connectivity index (χ0v) is 18.5. The third-order valence-electron chi connectivity index (χ3n) is 4.38. The first-order valence-electron chi connectivity index (χ1n) is 9.91. The lowest BCUT2D eigenvalue weighted by molar-refractivity contribution is 0.213. The number of halogens is 1. The van der Waals surface area contributed by atoms with Crippen molar-refractivity contribution in [1.82, 2.24) is 20.8 Å². The Labute approximate surface area is 186 Å². The van der Waals surface area contributed by atoms with Crippen molar-refractivity contribution in [2.45, 2.75) is 19.4 Å². The second kappa shape index (κ2) is 11.2. The summed E-state index contributed by atoms with van der Waals surface area (Å²) in [4.78, 5) is 8.65. The van der Waals surface area contributed by atoms with Gasteiger partial charge in [-0.2, -0.15) is 4.98 Å². The third kappa shape index (κ3) is 6.62. The summed E-state index contributed by atoms with van der Waals surface area (Å²) in [6, 6.07) is 14.9. The first kappa shape index (κ1) is 22.4. The predicted molar refractivity (Wildman–Crippen MR) is 121 cm³/mol. The molecule has 2 N–H and O–H groups in total. The van der Waals surface area contributed by atoms with Crippen molar-refractivity contribution in [1.29, 1.82) is 0 Å². The zero-order chi connectivity index (χ0) is 22.1. The highest BCUT2D eigenvalue weighted by Gasteiger charge is 2.11. The van der Waals surface area contributed by atoms with Crippen molar-refractivity contribution in [3.63, 3.8) is 0 Å². The van der Waals surface area contributed by atoms with Gasteiger partial charge in [0.05, 0.1) is 13.7 Å². The van der Waals surface area contributed by atoms with Gasteiger partial charge in [0, 0.05) is 30.6 Å². The van der Waals surface area contributed by atoms with Crippen molar-refractivity contribution >= 4 is 17.6 Å². The molecule has 3 aromatic rings. The van der Waals surface area contributed by atoms with Crippen LogP contribution in [0.5, 0.6) is 11.5 Å². The quantitative estimate of drug-likeness (QED) is 0.385. The molecule has 0 bridgehead atoms. The number of aliphatic imine (C=N–C) groups is 1. The Bertz CT molecular complexity index is 991. The molecule has 0 spiro atoms. The van der Waals surface area contributed by atoms with Gasteiger partial charge in [0.1, 0.15) is 6.10 Å². The predicted octanol–water partition coefficient (Wildman–Crippen LogP) is 3.57. The minimum Gasteiger partial charge on any atom is -0.493 e. The normalized spacial score (nSPS) is 12.3. The van der Waals surface area contributed by atoms with Crippen molar-refractivity contribution in [3.8, 4) is 22.9 Å². The van der Waals surface area contributed by atoms with Crippen LogP contribution in [0.15, 0.2) is 58.0 Å². The largest absolute Gasteiger partial charge is 0.493 e. The van der Waals surface area contributed by atoms with Crippen molar-refractivity contribution < 1.29 is 14.0 Å². The molecule has 0 aliphatic carbocycles. The SMILES string of the molecule is CN=C(NCCc1nc(-c2ccc(Cl)cc2)no1)NCC(C)Oc1ccccc1OC. The average molecular weight is 444 g/mol. The Morgan fingerprint density at radius 2 is 1.87 bits per heavy atom. The molecule has 3 rings (SSSR count). The number of benzene rings is 2. The molecule has 1 heterocycles. The minimum absolute atomic E-state index is 0.0901. The van der Waals surface area contributed by atoms with Gasteiger partial charge in [-0.05, 0) is 43.3 Å². The molecule has 0 aliphatic heterocycles. The molecule has 1 unspecified atom stereocenters. The number of methoxy groups -OCH3 is 1. The van der Waals surface area contributed by atoms with Crippen molar-refractivity contribution in [3.05, 3.63) is 59.4 Å². The van der Waals surface area contributed by atoms with E-state index < -0.39 is 0 Å². The average Bonchev–Trinajstić information content (AvgIpc) is 3.26. The van der Waals surface area contributed by atoms with Gasteiger partial charge < -0.3 is 24.6 Å². The molecule has 1 atom stereocenters. The topological polar surface area (TPSA) is 93.8 Å². The van der Waals surface area contributed by atoms with Crippen LogP contribution in [0.3, 0.4) is 0 Å². The number of hydrogen-bond donors (Lipinski definition) is 2. The van der Waals surface area contributed by atoms with E-state index in [0.717, 1.165) is 5.56 Å². The Morgan fingerprint density at radius 3 is 2.58 bits per heavy atom. The van der Waals surface area contributed by atoms with Gasteiger partial charge in [-0.1, -0.05) is 28.9 Å². The Hall–Kier alpha value is -3.26. The van der Waals surface area contributed by atoms with Crippen molar-refractivity contribution in [2.75, 3.05) is 27.2 Å². The van der Waals surface area contributed by atoms with Crippen LogP contribution in [0.25, 0.3) is 11.4 Å². The molecule has 8 nitrogen and oxygen atoms in total. The van der Waals surface area contributed by atoms with Crippen LogP contribution in [0.2, 0.25) is 5.02 Å². The molecule has 0 fully saturated rings. The van der Waals surface area contributed by atoms with E-state index in [9.17, 15) is 0 Å². The molecular formula is C22H26ClN5O3. The van der Waals surface area contributed by atoms with Crippen LogP contribution in [0.1, 0.15) is 12.8 Å². The molecule has 1 aromatic heterocycles. The zero-order valence-electron chi connectivity index (χ0n) is 17.8. The van der Waals surface area contributed by atoms with Crippen LogP contribution in [0, 0.1) is 0 Å². The lowest BCUT2D eigenvalue weighted by Crippen LogP contribution is -2.42. The molecule has 0 radical (unpaired) electrons. The summed E-state index contributed by atoms with van der Waals surface area (Å²) in [6.07, 6.45) is 0.474. The monoisotopic (exact) mass is 443 g/mol. The number of hydrogen-bond acceptors (Lipinski definition) is 6. The molecule has 0 amide bonds. The summed E-state index contributed by atoms with van der Waals surface area (Å²) in [5.74, 6) is 3.15. The van der Waals surface area contributed by atoms with E-state index in [-0.39, 0.29) is 6.10 Å². The second-order valence-electron chi connectivity index (χ2n) is 6.73. The summed E-state index contributed by atoms with van der Waals surface area (Å²) in [5, 5.41) is 11.2. The van der Waals surface area contributed by atoms with Crippen LogP contribution in [-0.4, -0.2) is 49.5 Å². The fraction of sp³-hybridized carbons (Fsp3) is 0.318. The third-order valence-corrected chi connectivity index (χ3v) is 4.63. The van der Waals surface area contributed by atoms with Crippen LogP contribution < -0.4 is 20.1 Å². The molecule has 0 saturated carbocycles. The minimum atomic E-state index is -0.0901. The van der Waals surface area contributed by atoms with Crippen molar-refractivity contribution in [2.24, 2.45) is 4.99 Å². The van der Waals surface area contributed by atoms with Gasteiger partial charge in [0.2, 0.25) is 11.7 Å². The van der Waals surface area contributed by atoms with Crippen LogP contribution in [-0.2, 0) is 6.42 Å². The highest BCUT2D eigenvalue weighted by molar-refractivity contribution is 6.30. The second-order valence-corrected chi connectivity index (χ2v) is 7.16. The van der Waals surface area contributed by atoms with Gasteiger partial charge >= 0.3 is 0 Å². The summed E-state index contributed by atoms with van der Waals surface area (Å²) in [7, 11) is 3.34. The van der Waals surface area contributed by atoms with Gasteiger partial charge in [0.25, 0.3) is 0 Å². The Balaban J connectivity index is 1.43. The Kier molecular flexibility index (Phi) is 8.12. The van der Waals surface area contributed by atoms with E-state index >= 15 is 0 Å². The van der Waals surface area contributed by atoms with E-state index in [0.29, 0.717) is 53.7 Å². The van der Waals surface area contributed by atoms with Gasteiger partial charge in [-0.25, -0.2) is 0 Å². The lowest BCUT2D eigenvalue weighted by Gasteiger charge is -2.18. The molecule has 9 heteroatoms. The van der Waals surface area contributed by atoms with Crippen LogP contribution in [0.4, 0.5) is 0 Å². The lowest BCUT2D eigenvalue weighted by atomic mass is 10.2. The molecule has 2 aromatic carbocycles. The number of aromatic nitrogens is 2. The molecule has 164 valence electrons. The number of nitrogens with zero attached hydrogens (tertiary/aromatic N) is 3. The fourth-order valence-electron chi connectivity index (χ4n) is 2.80. The smallest absolute Gasteiger partial charge is 0.228 e. The number of para-hydroxylation sites is 2. The van der Waals surface area contributed by atoms with E-state index in [4.69, 9.17) is 25.6 Å². The fourth-order valence-corrected chi connectivity index (χ4v) is 2.92. The van der Waals surface area contributed by atoms with Gasteiger partial charge in [0.15, 0.2) is 17.5 Å². The molecule has 0 aliphatic rings. The first-order valence-corrected chi connectivity index (χ1v) is 10.3. The Morgan fingerprint density at radius 1 is 1.13 bits per heavy atom. The van der Waals surface area contributed by atoms with E-state index in [1.54, 1.807) is 26.3 Å². The van der Waals surface area contributed by atoms with Gasteiger partial charge in [-0.3, -0.25) is 4.99 Å². The molecular weight excluding hydrogens is 418 g/mol. The van der Waals surface area contributed by atoms with E-state index in [1.165, 1.54) is 0 Å². The highest BCUT2D eigenvalue weighted by Crippen LogP contribution is 2.26. The summed E-state index contributed by atoms with van der Waals surface area (Å²) >= 11 is 5.91.